The number of nitrogens with zero attached hydrogens (tertiary/aromatic N) is 1. The molecule has 1 amide bonds. The topological polar surface area (TPSA) is 63.7 Å². The van der Waals surface area contributed by atoms with Crippen LogP contribution in [0.25, 0.3) is 11.1 Å². The Hall–Kier alpha value is -2.81. The van der Waals surface area contributed by atoms with Crippen LogP contribution >= 0.6 is 22.6 Å². The molecule has 0 bridgehead atoms. The van der Waals surface area contributed by atoms with E-state index in [9.17, 15) is 39.6 Å². The number of cyclic esters (lactones) is 1. The minimum Gasteiger partial charge on any atom is -0.439 e. The van der Waals surface area contributed by atoms with Crippen LogP contribution in [0, 0.1) is 3.57 Å². The standard InChI is InChI=1S/C29H26F6INO4S/c1-15(2)24-12-17(5-8-25(24)36)23-7-6-22(42(4,39)40)11-19(23)14-37-16(3)26(41-27(37)38)18-9-20(28(30,31)32)13-21(10-18)29(33,34)35/h5-13,15-16,26H,14H2,1-4H3. The van der Waals surface area contributed by atoms with Crippen LogP contribution in [0.1, 0.15) is 60.6 Å². The number of alkyl halides is 6. The van der Waals surface area contributed by atoms with Crippen LogP contribution in [0.2, 0.25) is 0 Å². The molecule has 0 saturated carbocycles. The summed E-state index contributed by atoms with van der Waals surface area (Å²) in [4.78, 5) is 14.1. The summed E-state index contributed by atoms with van der Waals surface area (Å²) in [6.45, 7) is 5.29. The number of carbonyl (C=O) groups excluding carboxylic acids is 1. The summed E-state index contributed by atoms with van der Waals surface area (Å²) >= 11 is 2.21. The Kier molecular flexibility index (Phi) is 8.68. The van der Waals surface area contributed by atoms with E-state index in [0.29, 0.717) is 23.3 Å². The zero-order valence-corrected chi connectivity index (χ0v) is 25.7. The molecule has 0 radical (unpaired) electrons. The Balaban J connectivity index is 1.78. The third-order valence-electron chi connectivity index (χ3n) is 7.11. The first-order valence-corrected chi connectivity index (χ1v) is 15.6. The number of hydrogen-bond acceptors (Lipinski definition) is 4. The largest absolute Gasteiger partial charge is 0.439 e. The van der Waals surface area contributed by atoms with Crippen molar-refractivity contribution in [2.45, 2.75) is 62.6 Å². The maximum absolute atomic E-state index is 13.5. The van der Waals surface area contributed by atoms with Crippen LogP contribution in [0.3, 0.4) is 0 Å². The summed E-state index contributed by atoms with van der Waals surface area (Å²) < 4.78 is 112. The quantitative estimate of drug-likeness (QED) is 0.189. The van der Waals surface area contributed by atoms with E-state index in [2.05, 4.69) is 22.6 Å². The van der Waals surface area contributed by atoms with Crippen molar-refractivity contribution in [3.63, 3.8) is 0 Å². The highest BCUT2D eigenvalue weighted by molar-refractivity contribution is 14.1. The number of sulfone groups is 1. The highest BCUT2D eigenvalue weighted by Crippen LogP contribution is 2.42. The van der Waals surface area contributed by atoms with E-state index >= 15 is 0 Å². The molecule has 1 fully saturated rings. The first kappa shape index (κ1) is 32.1. The summed E-state index contributed by atoms with van der Waals surface area (Å²) in [5.74, 6) is 0.180. The Bertz CT molecular complexity index is 1600. The lowest BCUT2D eigenvalue weighted by molar-refractivity contribution is -0.143. The summed E-state index contributed by atoms with van der Waals surface area (Å²) in [5, 5.41) is 0. The number of rotatable bonds is 6. The minimum atomic E-state index is -5.06. The van der Waals surface area contributed by atoms with Gasteiger partial charge in [-0.15, -0.1) is 0 Å². The second kappa shape index (κ2) is 11.4. The van der Waals surface area contributed by atoms with E-state index in [-0.39, 0.29) is 23.4 Å². The Morgan fingerprint density at radius 1 is 0.929 bits per heavy atom. The maximum atomic E-state index is 13.5. The van der Waals surface area contributed by atoms with Gasteiger partial charge in [0.05, 0.1) is 28.6 Å². The highest BCUT2D eigenvalue weighted by atomic mass is 127. The number of carbonyl (C=O) groups is 1. The smallest absolute Gasteiger partial charge is 0.416 e. The number of halogens is 7. The van der Waals surface area contributed by atoms with Gasteiger partial charge in [-0.2, -0.15) is 26.3 Å². The molecular weight excluding hydrogens is 699 g/mol. The van der Waals surface area contributed by atoms with Gasteiger partial charge >= 0.3 is 18.4 Å². The first-order chi connectivity index (χ1) is 19.3. The molecule has 0 aliphatic carbocycles. The first-order valence-electron chi connectivity index (χ1n) is 12.7. The average molecular weight is 725 g/mol. The third kappa shape index (κ3) is 6.71. The van der Waals surface area contributed by atoms with E-state index < -0.39 is 57.1 Å². The van der Waals surface area contributed by atoms with Gasteiger partial charge in [0, 0.05) is 9.83 Å². The zero-order valence-electron chi connectivity index (χ0n) is 22.8. The summed E-state index contributed by atoms with van der Waals surface area (Å²) in [6, 6.07) is 10.3. The third-order valence-corrected chi connectivity index (χ3v) is 9.20. The molecule has 0 aromatic heterocycles. The Labute approximate surface area is 252 Å². The number of benzene rings is 3. The van der Waals surface area contributed by atoms with Crippen molar-refractivity contribution >= 4 is 38.5 Å². The highest BCUT2D eigenvalue weighted by Gasteiger charge is 2.43. The summed E-state index contributed by atoms with van der Waals surface area (Å²) in [5.41, 5.74) is -0.664. The molecule has 3 aromatic carbocycles. The summed E-state index contributed by atoms with van der Waals surface area (Å²) in [7, 11) is -3.65. The van der Waals surface area contributed by atoms with E-state index in [0.717, 1.165) is 21.0 Å². The fourth-order valence-electron chi connectivity index (χ4n) is 4.85. The van der Waals surface area contributed by atoms with Crippen molar-refractivity contribution in [1.82, 2.24) is 4.90 Å². The number of amides is 1. The van der Waals surface area contributed by atoms with Gasteiger partial charge in [-0.05, 0) is 106 Å². The van der Waals surface area contributed by atoms with Gasteiger partial charge in [-0.25, -0.2) is 13.2 Å². The van der Waals surface area contributed by atoms with E-state index in [1.807, 2.05) is 32.0 Å². The molecule has 2 unspecified atom stereocenters. The number of ether oxygens (including phenoxy) is 1. The molecule has 1 saturated heterocycles. The van der Waals surface area contributed by atoms with Crippen LogP contribution < -0.4 is 0 Å². The second-order valence-corrected chi connectivity index (χ2v) is 13.7. The molecule has 4 rings (SSSR count). The van der Waals surface area contributed by atoms with Crippen molar-refractivity contribution in [3.05, 3.63) is 86.0 Å². The van der Waals surface area contributed by atoms with Gasteiger partial charge in [0.2, 0.25) is 0 Å². The Morgan fingerprint density at radius 2 is 1.52 bits per heavy atom. The Morgan fingerprint density at radius 3 is 2.05 bits per heavy atom. The molecule has 5 nitrogen and oxygen atoms in total. The maximum Gasteiger partial charge on any atom is 0.416 e. The average Bonchev–Trinajstić information content (AvgIpc) is 3.15. The van der Waals surface area contributed by atoms with Crippen molar-refractivity contribution in [1.29, 1.82) is 0 Å². The van der Waals surface area contributed by atoms with E-state index in [1.165, 1.54) is 24.0 Å². The van der Waals surface area contributed by atoms with Crippen molar-refractivity contribution < 1.29 is 44.3 Å². The molecule has 226 valence electrons. The zero-order chi connectivity index (χ0) is 31.4. The fourth-order valence-corrected chi connectivity index (χ4v) is 6.48. The van der Waals surface area contributed by atoms with Gasteiger partial charge in [-0.3, -0.25) is 4.90 Å². The van der Waals surface area contributed by atoms with Crippen LogP contribution in [0.15, 0.2) is 59.5 Å². The predicted molar refractivity (Wildman–Crippen MR) is 152 cm³/mol. The van der Waals surface area contributed by atoms with Crippen molar-refractivity contribution in [2.24, 2.45) is 0 Å². The van der Waals surface area contributed by atoms with Gasteiger partial charge in [-0.1, -0.05) is 26.0 Å². The normalized spacial score (nSPS) is 18.1. The SMILES string of the molecule is CC(C)c1cc(-c2ccc(S(C)(=O)=O)cc2CN2C(=O)OC(c3cc(C(F)(F)F)cc(C(F)(F)F)c3)C2C)ccc1I. The predicted octanol–water partition coefficient (Wildman–Crippen LogP) is 8.60. The van der Waals surface area contributed by atoms with Crippen LogP contribution in [-0.4, -0.2) is 31.7 Å². The van der Waals surface area contributed by atoms with Crippen molar-refractivity contribution in [2.75, 3.05) is 6.26 Å². The molecule has 1 aliphatic heterocycles. The van der Waals surface area contributed by atoms with Crippen LogP contribution in [0.5, 0.6) is 0 Å². The lowest BCUT2D eigenvalue weighted by Gasteiger charge is -2.24. The van der Waals surface area contributed by atoms with Gasteiger partial charge in [0.1, 0.15) is 6.10 Å². The van der Waals surface area contributed by atoms with Gasteiger partial charge < -0.3 is 4.74 Å². The lowest BCUT2D eigenvalue weighted by atomic mass is 9.94. The molecule has 42 heavy (non-hydrogen) atoms. The molecular formula is C29H26F6INO4S. The van der Waals surface area contributed by atoms with Gasteiger partial charge in [0.25, 0.3) is 0 Å². The molecule has 1 aliphatic rings. The minimum absolute atomic E-state index is 0.0120. The number of hydrogen-bond donors (Lipinski definition) is 0. The lowest BCUT2D eigenvalue weighted by Crippen LogP contribution is -2.31. The summed E-state index contributed by atoms with van der Waals surface area (Å²) in [6.07, 6.45) is -11.5. The molecule has 2 atom stereocenters. The van der Waals surface area contributed by atoms with E-state index in [1.54, 1.807) is 6.07 Å². The fraction of sp³-hybridized carbons (Fsp3) is 0.345. The molecule has 0 spiro atoms. The van der Waals surface area contributed by atoms with E-state index in [4.69, 9.17) is 4.74 Å². The van der Waals surface area contributed by atoms with Gasteiger partial charge in [0.15, 0.2) is 9.84 Å². The monoisotopic (exact) mass is 725 g/mol. The molecule has 3 aromatic rings. The molecule has 1 heterocycles. The van der Waals surface area contributed by atoms with Crippen molar-refractivity contribution in [3.8, 4) is 11.1 Å². The second-order valence-electron chi connectivity index (χ2n) is 10.5. The van der Waals surface area contributed by atoms with Crippen LogP contribution in [-0.2, 0) is 33.5 Å². The molecule has 13 heteroatoms. The van der Waals surface area contributed by atoms with Crippen LogP contribution in [0.4, 0.5) is 31.1 Å². The molecule has 0 N–H and O–H groups in total.